The zero-order valence-electron chi connectivity index (χ0n) is 7.01. The Morgan fingerprint density at radius 2 is 2.20 bits per heavy atom. The van der Waals surface area contributed by atoms with Crippen molar-refractivity contribution in [1.82, 2.24) is 0 Å². The molecule has 10 heavy (non-hydrogen) atoms. The Hall–Kier alpha value is -0.0400. The molecule has 1 N–H and O–H groups in total. The van der Waals surface area contributed by atoms with E-state index in [1.54, 1.807) is 0 Å². The van der Waals surface area contributed by atoms with Gasteiger partial charge in [0.15, 0.2) is 0 Å². The van der Waals surface area contributed by atoms with Gasteiger partial charge in [-0.1, -0.05) is 26.7 Å². The van der Waals surface area contributed by atoms with Gasteiger partial charge in [0, 0.05) is 0 Å². The largest absolute Gasteiger partial charge is 0.393 e. The second kappa shape index (κ2) is 3.38. The van der Waals surface area contributed by atoms with Crippen molar-refractivity contribution in [3.63, 3.8) is 0 Å². The van der Waals surface area contributed by atoms with Crippen LogP contribution in [-0.2, 0) is 0 Å². The van der Waals surface area contributed by atoms with Gasteiger partial charge in [0.05, 0.1) is 6.10 Å². The fourth-order valence-corrected chi connectivity index (χ4v) is 2.05. The van der Waals surface area contributed by atoms with Crippen LogP contribution >= 0.6 is 0 Å². The van der Waals surface area contributed by atoms with Crippen LogP contribution in [-0.4, -0.2) is 11.2 Å². The maximum absolute atomic E-state index is 9.53. The first-order valence-electron chi connectivity index (χ1n) is 4.43. The van der Waals surface area contributed by atoms with E-state index in [4.69, 9.17) is 0 Å². The minimum Gasteiger partial charge on any atom is -0.393 e. The maximum atomic E-state index is 9.53. The average molecular weight is 142 g/mol. The smallest absolute Gasteiger partial charge is 0.0568 e. The lowest BCUT2D eigenvalue weighted by molar-refractivity contribution is 0.0865. The molecule has 0 aromatic heterocycles. The van der Waals surface area contributed by atoms with Gasteiger partial charge in [-0.2, -0.15) is 0 Å². The van der Waals surface area contributed by atoms with Crippen molar-refractivity contribution >= 4 is 0 Å². The lowest BCUT2D eigenvalue weighted by Gasteiger charge is -2.20. The Morgan fingerprint density at radius 3 is 2.60 bits per heavy atom. The number of rotatable bonds is 2. The average Bonchev–Trinajstić information content (AvgIpc) is 2.34. The van der Waals surface area contributed by atoms with Crippen molar-refractivity contribution in [2.75, 3.05) is 0 Å². The molecule has 3 unspecified atom stereocenters. The number of aliphatic hydroxyl groups is 1. The van der Waals surface area contributed by atoms with Crippen LogP contribution in [0.1, 0.15) is 39.5 Å². The highest BCUT2D eigenvalue weighted by Crippen LogP contribution is 2.34. The predicted molar refractivity (Wildman–Crippen MR) is 42.8 cm³/mol. The first-order chi connectivity index (χ1) is 4.75. The van der Waals surface area contributed by atoms with Gasteiger partial charge in [-0.25, -0.2) is 0 Å². The summed E-state index contributed by atoms with van der Waals surface area (Å²) in [5, 5.41) is 9.53. The summed E-state index contributed by atoms with van der Waals surface area (Å²) in [5.74, 6) is 1.36. The van der Waals surface area contributed by atoms with Crippen LogP contribution in [0, 0.1) is 11.8 Å². The summed E-state index contributed by atoms with van der Waals surface area (Å²) >= 11 is 0. The Kier molecular flexibility index (Phi) is 2.72. The molecule has 0 saturated heterocycles. The Morgan fingerprint density at radius 1 is 1.50 bits per heavy atom. The van der Waals surface area contributed by atoms with Crippen LogP contribution < -0.4 is 0 Å². The third kappa shape index (κ3) is 1.51. The third-order valence-electron chi connectivity index (χ3n) is 2.84. The summed E-state index contributed by atoms with van der Waals surface area (Å²) in [6.07, 6.45) is 4.79. The van der Waals surface area contributed by atoms with Gasteiger partial charge < -0.3 is 5.11 Å². The Bertz CT molecular complexity index is 101. The molecular formula is C9H18O. The fraction of sp³-hybridized carbons (Fsp3) is 1.00. The van der Waals surface area contributed by atoms with Gasteiger partial charge >= 0.3 is 0 Å². The van der Waals surface area contributed by atoms with E-state index in [2.05, 4.69) is 13.8 Å². The molecule has 60 valence electrons. The van der Waals surface area contributed by atoms with Gasteiger partial charge in [0.1, 0.15) is 0 Å². The summed E-state index contributed by atoms with van der Waals surface area (Å²) < 4.78 is 0. The molecule has 1 nitrogen and oxygen atoms in total. The molecule has 0 heterocycles. The van der Waals surface area contributed by atoms with Crippen molar-refractivity contribution in [3.05, 3.63) is 0 Å². The first-order valence-corrected chi connectivity index (χ1v) is 4.43. The third-order valence-corrected chi connectivity index (χ3v) is 2.84. The molecule has 0 aliphatic heterocycles. The molecule has 0 spiro atoms. The molecule has 1 rings (SSSR count). The standard InChI is InChI=1S/C9H18O/c1-3-9(10)8-6-4-5-7(8)2/h7-10H,3-6H2,1-2H3. The van der Waals surface area contributed by atoms with Crippen molar-refractivity contribution in [2.45, 2.75) is 45.6 Å². The molecule has 1 fully saturated rings. The van der Waals surface area contributed by atoms with E-state index < -0.39 is 0 Å². The molecule has 1 heteroatoms. The highest BCUT2D eigenvalue weighted by Gasteiger charge is 2.28. The van der Waals surface area contributed by atoms with Gasteiger partial charge in [0.25, 0.3) is 0 Å². The highest BCUT2D eigenvalue weighted by molar-refractivity contribution is 4.79. The van der Waals surface area contributed by atoms with Crippen molar-refractivity contribution in [2.24, 2.45) is 11.8 Å². The number of aliphatic hydroxyl groups excluding tert-OH is 1. The van der Waals surface area contributed by atoms with Crippen molar-refractivity contribution in [1.29, 1.82) is 0 Å². The summed E-state index contributed by atoms with van der Waals surface area (Å²) in [6, 6.07) is 0. The van der Waals surface area contributed by atoms with E-state index in [1.165, 1.54) is 19.3 Å². The molecule has 0 aromatic rings. The number of hydrogen-bond donors (Lipinski definition) is 1. The molecule has 0 aromatic carbocycles. The fourth-order valence-electron chi connectivity index (χ4n) is 2.05. The second-order valence-corrected chi connectivity index (χ2v) is 3.55. The lowest BCUT2D eigenvalue weighted by atomic mass is 9.91. The molecule has 3 atom stereocenters. The Labute approximate surface area is 63.4 Å². The minimum absolute atomic E-state index is 0.0301. The summed E-state index contributed by atoms with van der Waals surface area (Å²) in [6.45, 7) is 4.33. The normalized spacial score (nSPS) is 36.3. The van der Waals surface area contributed by atoms with Crippen LogP contribution in [0.15, 0.2) is 0 Å². The van der Waals surface area contributed by atoms with Crippen LogP contribution in [0.4, 0.5) is 0 Å². The van der Waals surface area contributed by atoms with Gasteiger partial charge in [-0.3, -0.25) is 0 Å². The Balaban J connectivity index is 2.38. The molecule has 0 amide bonds. The van der Waals surface area contributed by atoms with Crippen LogP contribution in [0.2, 0.25) is 0 Å². The van der Waals surface area contributed by atoms with E-state index in [0.717, 1.165) is 12.3 Å². The molecule has 0 bridgehead atoms. The van der Waals surface area contributed by atoms with Gasteiger partial charge in [0.2, 0.25) is 0 Å². The molecule has 1 aliphatic rings. The predicted octanol–water partition coefficient (Wildman–Crippen LogP) is 2.19. The zero-order chi connectivity index (χ0) is 7.56. The monoisotopic (exact) mass is 142 g/mol. The van der Waals surface area contributed by atoms with Crippen LogP contribution in [0.5, 0.6) is 0 Å². The zero-order valence-corrected chi connectivity index (χ0v) is 7.01. The highest BCUT2D eigenvalue weighted by atomic mass is 16.3. The van der Waals surface area contributed by atoms with E-state index in [9.17, 15) is 5.11 Å². The van der Waals surface area contributed by atoms with Gasteiger partial charge in [-0.15, -0.1) is 0 Å². The van der Waals surface area contributed by atoms with Crippen molar-refractivity contribution < 1.29 is 5.11 Å². The topological polar surface area (TPSA) is 20.2 Å². The van der Waals surface area contributed by atoms with E-state index in [1.807, 2.05) is 0 Å². The summed E-state index contributed by atoms with van der Waals surface area (Å²) in [5.41, 5.74) is 0. The van der Waals surface area contributed by atoms with Crippen LogP contribution in [0.3, 0.4) is 0 Å². The molecule has 1 saturated carbocycles. The summed E-state index contributed by atoms with van der Waals surface area (Å²) in [7, 11) is 0. The maximum Gasteiger partial charge on any atom is 0.0568 e. The quantitative estimate of drug-likeness (QED) is 0.626. The van der Waals surface area contributed by atoms with Gasteiger partial charge in [-0.05, 0) is 24.7 Å². The lowest BCUT2D eigenvalue weighted by Crippen LogP contribution is -2.21. The second-order valence-electron chi connectivity index (χ2n) is 3.55. The summed E-state index contributed by atoms with van der Waals surface area (Å²) in [4.78, 5) is 0. The molecular weight excluding hydrogens is 124 g/mol. The molecule has 1 aliphatic carbocycles. The minimum atomic E-state index is -0.0301. The molecule has 0 radical (unpaired) electrons. The van der Waals surface area contributed by atoms with Crippen LogP contribution in [0.25, 0.3) is 0 Å². The van der Waals surface area contributed by atoms with Crippen molar-refractivity contribution in [3.8, 4) is 0 Å². The van der Waals surface area contributed by atoms with E-state index in [-0.39, 0.29) is 6.10 Å². The number of hydrogen-bond acceptors (Lipinski definition) is 1. The first kappa shape index (κ1) is 8.06. The van der Waals surface area contributed by atoms with E-state index in [0.29, 0.717) is 5.92 Å². The van der Waals surface area contributed by atoms with E-state index >= 15 is 0 Å². The SMILES string of the molecule is CCC(O)C1CCCC1C.